The van der Waals surface area contributed by atoms with Crippen molar-refractivity contribution in [1.82, 2.24) is 0 Å². The van der Waals surface area contributed by atoms with Crippen molar-refractivity contribution in [3.8, 4) is 0 Å². The van der Waals surface area contributed by atoms with E-state index in [1.165, 1.54) is 16.9 Å². The molecule has 2 aliphatic carbocycles. The van der Waals surface area contributed by atoms with Crippen molar-refractivity contribution in [2.75, 3.05) is 0 Å². The van der Waals surface area contributed by atoms with Gasteiger partial charge in [0.25, 0.3) is 0 Å². The van der Waals surface area contributed by atoms with Crippen LogP contribution < -0.4 is 0 Å². The van der Waals surface area contributed by atoms with Gasteiger partial charge in [-0.3, -0.25) is 14.6 Å². The van der Waals surface area contributed by atoms with Gasteiger partial charge < -0.3 is 0 Å². The van der Waals surface area contributed by atoms with Crippen molar-refractivity contribution in [1.29, 1.82) is 0 Å². The highest BCUT2D eigenvalue weighted by Gasteiger charge is 2.30. The molecule has 1 saturated carbocycles. The van der Waals surface area contributed by atoms with E-state index in [1.54, 1.807) is 0 Å². The lowest BCUT2D eigenvalue weighted by Crippen LogP contribution is -2.25. The molecular weight excluding hydrogens is 406 g/mol. The molecule has 3 aliphatic rings. The Hall–Kier alpha value is -3.07. The van der Waals surface area contributed by atoms with Gasteiger partial charge in [0.05, 0.1) is 5.71 Å². The van der Waals surface area contributed by atoms with E-state index in [1.807, 2.05) is 48.7 Å². The summed E-state index contributed by atoms with van der Waals surface area (Å²) >= 11 is 0. The zero-order valence-corrected chi connectivity index (χ0v) is 19.1. The molecule has 2 aromatic rings. The molecule has 2 unspecified atom stereocenters. The second kappa shape index (κ2) is 9.82. The number of hydrogen-bond acceptors (Lipinski definition) is 3. The number of nitrogens with zero attached hydrogens (tertiary/aromatic N) is 1. The SMILES string of the molecule is O=C(CCC(=O)c1cccc2ccccc12)CC1CCCC(C2=NC=CCC3=C2C=CC3)C1. The van der Waals surface area contributed by atoms with Crippen molar-refractivity contribution in [2.24, 2.45) is 16.8 Å². The molecule has 1 aliphatic heterocycles. The molecule has 5 rings (SSSR count). The van der Waals surface area contributed by atoms with Gasteiger partial charge in [-0.15, -0.1) is 0 Å². The van der Waals surface area contributed by atoms with Gasteiger partial charge in [-0.05, 0) is 54.4 Å². The van der Waals surface area contributed by atoms with Crippen molar-refractivity contribution in [3.05, 3.63) is 83.6 Å². The van der Waals surface area contributed by atoms with Crippen LogP contribution in [0.25, 0.3) is 10.8 Å². The average molecular weight is 438 g/mol. The second-order valence-corrected chi connectivity index (χ2v) is 9.65. The van der Waals surface area contributed by atoms with Crippen LogP contribution >= 0.6 is 0 Å². The smallest absolute Gasteiger partial charge is 0.163 e. The summed E-state index contributed by atoms with van der Waals surface area (Å²) in [5.41, 5.74) is 4.79. The van der Waals surface area contributed by atoms with Gasteiger partial charge in [-0.25, -0.2) is 0 Å². The van der Waals surface area contributed by atoms with Gasteiger partial charge >= 0.3 is 0 Å². The fourth-order valence-electron chi connectivity index (χ4n) is 5.73. The standard InChI is InChI=1S/C30H31NO2/c32-25(16-17-29(33)28-15-5-9-22-8-1-2-13-26(22)28)20-21-7-3-11-24(19-21)30-27-14-4-10-23(27)12-6-18-31-30/h1-2,4-6,8-9,13-15,18,21,24H,3,7,10-12,16-17,19-20H2. The summed E-state index contributed by atoms with van der Waals surface area (Å²) in [7, 11) is 0. The topological polar surface area (TPSA) is 46.5 Å². The Labute approximate surface area is 196 Å². The number of allylic oxidation sites excluding steroid dienone is 5. The fourth-order valence-corrected chi connectivity index (χ4v) is 5.73. The minimum Gasteiger partial charge on any atom is -0.300 e. The Morgan fingerprint density at radius 1 is 0.939 bits per heavy atom. The van der Waals surface area contributed by atoms with Gasteiger partial charge in [0.15, 0.2) is 5.78 Å². The van der Waals surface area contributed by atoms with Crippen molar-refractivity contribution >= 4 is 28.1 Å². The number of aliphatic imine (C=N–C) groups is 1. The second-order valence-electron chi connectivity index (χ2n) is 9.65. The third-order valence-electron chi connectivity index (χ3n) is 7.40. The molecule has 33 heavy (non-hydrogen) atoms. The number of carbonyl (C=O) groups is 2. The molecule has 168 valence electrons. The highest BCUT2D eigenvalue weighted by molar-refractivity contribution is 6.09. The Balaban J connectivity index is 1.18. The average Bonchev–Trinajstić information content (AvgIpc) is 3.21. The first-order valence-electron chi connectivity index (χ1n) is 12.3. The largest absolute Gasteiger partial charge is 0.300 e. The zero-order valence-electron chi connectivity index (χ0n) is 19.1. The molecule has 1 heterocycles. The minimum atomic E-state index is 0.0637. The van der Waals surface area contributed by atoms with Crippen LogP contribution in [0.15, 0.2) is 83.0 Å². The third-order valence-corrected chi connectivity index (χ3v) is 7.40. The van der Waals surface area contributed by atoms with Crippen molar-refractivity contribution in [3.63, 3.8) is 0 Å². The molecule has 0 radical (unpaired) electrons. The molecular formula is C30H31NO2. The van der Waals surface area contributed by atoms with E-state index >= 15 is 0 Å². The highest BCUT2D eigenvalue weighted by atomic mass is 16.1. The Morgan fingerprint density at radius 2 is 1.79 bits per heavy atom. The molecule has 0 spiro atoms. The van der Waals surface area contributed by atoms with Crippen LogP contribution in [0.1, 0.15) is 68.1 Å². The van der Waals surface area contributed by atoms with Gasteiger partial charge in [-0.1, -0.05) is 72.7 Å². The normalized spacial score (nSPS) is 22.2. The van der Waals surface area contributed by atoms with E-state index in [9.17, 15) is 9.59 Å². The number of rotatable bonds is 7. The van der Waals surface area contributed by atoms with Crippen LogP contribution in [-0.4, -0.2) is 17.3 Å². The Morgan fingerprint density at radius 3 is 2.73 bits per heavy atom. The first kappa shape index (κ1) is 21.8. The predicted molar refractivity (Wildman–Crippen MR) is 135 cm³/mol. The summed E-state index contributed by atoms with van der Waals surface area (Å²) in [6.45, 7) is 0. The van der Waals surface area contributed by atoms with Gasteiger partial charge in [0.2, 0.25) is 0 Å². The lowest BCUT2D eigenvalue weighted by molar-refractivity contribution is -0.120. The molecule has 0 bridgehead atoms. The Kier molecular flexibility index (Phi) is 6.48. The highest BCUT2D eigenvalue weighted by Crippen LogP contribution is 2.37. The summed E-state index contributed by atoms with van der Waals surface area (Å²) < 4.78 is 0. The van der Waals surface area contributed by atoms with E-state index in [0.717, 1.165) is 54.9 Å². The van der Waals surface area contributed by atoms with Gasteiger partial charge in [0.1, 0.15) is 5.78 Å². The number of fused-ring (bicyclic) bond motifs is 1. The molecule has 3 nitrogen and oxygen atoms in total. The fraction of sp³-hybridized carbons (Fsp3) is 0.367. The van der Waals surface area contributed by atoms with Crippen LogP contribution in [0.2, 0.25) is 0 Å². The molecule has 0 N–H and O–H groups in total. The summed E-state index contributed by atoms with van der Waals surface area (Å²) in [4.78, 5) is 30.5. The summed E-state index contributed by atoms with van der Waals surface area (Å²) in [5.74, 6) is 1.11. The quantitative estimate of drug-likeness (QED) is 0.431. The molecule has 0 saturated heterocycles. The molecule has 2 aromatic carbocycles. The number of carbonyl (C=O) groups excluding carboxylic acids is 2. The van der Waals surface area contributed by atoms with Crippen molar-refractivity contribution < 1.29 is 9.59 Å². The molecule has 0 aromatic heterocycles. The Bertz CT molecular complexity index is 1190. The van der Waals surface area contributed by atoms with Crippen LogP contribution in [0, 0.1) is 11.8 Å². The maximum absolute atomic E-state index is 12.9. The number of ketones is 2. The lowest BCUT2D eigenvalue weighted by Gasteiger charge is -2.30. The summed E-state index contributed by atoms with van der Waals surface area (Å²) in [6, 6.07) is 13.8. The maximum Gasteiger partial charge on any atom is 0.163 e. The van der Waals surface area contributed by atoms with Crippen LogP contribution in [0.4, 0.5) is 0 Å². The number of benzene rings is 2. The predicted octanol–water partition coefficient (Wildman–Crippen LogP) is 7.18. The zero-order chi connectivity index (χ0) is 22.6. The minimum absolute atomic E-state index is 0.0637. The molecule has 3 heteroatoms. The van der Waals surface area contributed by atoms with E-state index in [2.05, 4.69) is 18.2 Å². The van der Waals surface area contributed by atoms with E-state index in [-0.39, 0.29) is 11.6 Å². The van der Waals surface area contributed by atoms with Crippen LogP contribution in [0.3, 0.4) is 0 Å². The first-order valence-corrected chi connectivity index (χ1v) is 12.3. The first-order chi connectivity index (χ1) is 16.2. The van der Waals surface area contributed by atoms with E-state index in [0.29, 0.717) is 31.1 Å². The summed E-state index contributed by atoms with van der Waals surface area (Å²) in [6.07, 6.45) is 16.3. The molecule has 1 fully saturated rings. The van der Waals surface area contributed by atoms with Crippen LogP contribution in [0.5, 0.6) is 0 Å². The lowest BCUT2D eigenvalue weighted by atomic mass is 9.75. The molecule has 2 atom stereocenters. The van der Waals surface area contributed by atoms with Gasteiger partial charge in [0, 0.05) is 36.9 Å². The van der Waals surface area contributed by atoms with E-state index in [4.69, 9.17) is 4.99 Å². The summed E-state index contributed by atoms with van der Waals surface area (Å²) in [5, 5.41) is 2.04. The van der Waals surface area contributed by atoms with Crippen molar-refractivity contribution in [2.45, 2.75) is 57.8 Å². The van der Waals surface area contributed by atoms with Crippen LogP contribution in [-0.2, 0) is 4.79 Å². The monoisotopic (exact) mass is 437 g/mol. The third kappa shape index (κ3) is 4.83. The van der Waals surface area contributed by atoms with Gasteiger partial charge in [-0.2, -0.15) is 0 Å². The van der Waals surface area contributed by atoms with E-state index < -0.39 is 0 Å². The number of hydrogen-bond donors (Lipinski definition) is 0. The molecule has 0 amide bonds. The number of Topliss-reactive ketones (excluding diaryl/α,β-unsaturated/α-hetero) is 2. The maximum atomic E-state index is 12.9.